The summed E-state index contributed by atoms with van der Waals surface area (Å²) in [5, 5.41) is 4.79. The molecule has 0 spiro atoms. The normalized spacial score (nSPS) is 17.5. The van der Waals surface area contributed by atoms with E-state index in [2.05, 4.69) is 0 Å². The highest BCUT2D eigenvalue weighted by molar-refractivity contribution is 7.89. The molecule has 5 rings (SSSR count). The van der Waals surface area contributed by atoms with Crippen molar-refractivity contribution < 1.29 is 17.6 Å². The maximum atomic E-state index is 13.7. The number of para-hydroxylation sites is 1. The number of aromatic nitrogens is 2. The standard InChI is InChI=1S/C26H29FN4O3S/c27-20-12-14-22(15-13-20)35(33,34)30-17-7-16-29(18-19-30)26(32)25-23-10-5-2-6-11-24(23)31(28-25)21-8-3-1-4-9-21/h1,3-4,8-9,12-15H,2,5-7,10-11,16-19H2. The number of sulfonamides is 1. The third-order valence-electron chi connectivity index (χ3n) is 6.83. The van der Waals surface area contributed by atoms with Crippen LogP contribution in [0.5, 0.6) is 0 Å². The number of nitrogens with zero attached hydrogens (tertiary/aromatic N) is 4. The van der Waals surface area contributed by atoms with Crippen molar-refractivity contribution in [2.45, 2.75) is 43.4 Å². The van der Waals surface area contributed by atoms with Crippen molar-refractivity contribution in [2.24, 2.45) is 0 Å². The van der Waals surface area contributed by atoms with Gasteiger partial charge in [0.25, 0.3) is 5.91 Å². The van der Waals surface area contributed by atoms with E-state index in [1.165, 1.54) is 16.4 Å². The van der Waals surface area contributed by atoms with E-state index >= 15 is 0 Å². The van der Waals surface area contributed by atoms with Crippen molar-refractivity contribution in [3.8, 4) is 5.69 Å². The van der Waals surface area contributed by atoms with Crippen LogP contribution in [-0.4, -0.2) is 59.5 Å². The van der Waals surface area contributed by atoms with Gasteiger partial charge >= 0.3 is 0 Å². The summed E-state index contributed by atoms with van der Waals surface area (Å²) in [6.07, 6.45) is 5.44. The molecular formula is C26H29FN4O3S. The predicted molar refractivity (Wildman–Crippen MR) is 131 cm³/mol. The van der Waals surface area contributed by atoms with Gasteiger partial charge in [-0.25, -0.2) is 17.5 Å². The van der Waals surface area contributed by atoms with Gasteiger partial charge in [0.2, 0.25) is 10.0 Å². The Hall–Kier alpha value is -3.04. The van der Waals surface area contributed by atoms with E-state index in [9.17, 15) is 17.6 Å². The summed E-state index contributed by atoms with van der Waals surface area (Å²) >= 11 is 0. The van der Waals surface area contributed by atoms with E-state index < -0.39 is 15.8 Å². The highest BCUT2D eigenvalue weighted by Gasteiger charge is 2.32. The van der Waals surface area contributed by atoms with Crippen LogP contribution in [0.2, 0.25) is 0 Å². The largest absolute Gasteiger partial charge is 0.336 e. The molecular weight excluding hydrogens is 467 g/mol. The molecule has 1 fully saturated rings. The average Bonchev–Trinajstić information content (AvgIpc) is 3.05. The zero-order valence-electron chi connectivity index (χ0n) is 19.6. The molecule has 1 aromatic heterocycles. The fraction of sp³-hybridized carbons (Fsp3) is 0.385. The molecule has 35 heavy (non-hydrogen) atoms. The number of carbonyl (C=O) groups is 1. The first kappa shape index (κ1) is 23.7. The lowest BCUT2D eigenvalue weighted by molar-refractivity contribution is 0.0756. The minimum absolute atomic E-state index is 0.0607. The van der Waals surface area contributed by atoms with Gasteiger partial charge in [0.05, 0.1) is 10.6 Å². The molecule has 3 aromatic rings. The van der Waals surface area contributed by atoms with Crippen molar-refractivity contribution >= 4 is 15.9 Å². The number of amides is 1. The first-order valence-corrected chi connectivity index (χ1v) is 13.6. The Kier molecular flexibility index (Phi) is 6.71. The number of benzene rings is 2. The van der Waals surface area contributed by atoms with Crippen LogP contribution >= 0.6 is 0 Å². The Labute approximate surface area is 205 Å². The Morgan fingerprint density at radius 2 is 1.57 bits per heavy atom. The van der Waals surface area contributed by atoms with Gasteiger partial charge in [0.1, 0.15) is 5.82 Å². The maximum absolute atomic E-state index is 13.7. The average molecular weight is 497 g/mol. The lowest BCUT2D eigenvalue weighted by Gasteiger charge is -2.22. The summed E-state index contributed by atoms with van der Waals surface area (Å²) in [5.41, 5.74) is 3.56. The van der Waals surface area contributed by atoms with Crippen molar-refractivity contribution in [2.75, 3.05) is 26.2 Å². The molecule has 1 saturated heterocycles. The van der Waals surface area contributed by atoms with Crippen LogP contribution in [0.1, 0.15) is 47.4 Å². The Morgan fingerprint density at radius 1 is 0.829 bits per heavy atom. The lowest BCUT2D eigenvalue weighted by atomic mass is 10.1. The van der Waals surface area contributed by atoms with Crippen LogP contribution in [0.3, 0.4) is 0 Å². The molecule has 0 bridgehead atoms. The molecule has 2 heterocycles. The molecule has 184 valence electrons. The first-order chi connectivity index (χ1) is 16.9. The molecule has 0 N–H and O–H groups in total. The van der Waals surface area contributed by atoms with Crippen LogP contribution in [-0.2, 0) is 22.9 Å². The molecule has 2 aromatic carbocycles. The summed E-state index contributed by atoms with van der Waals surface area (Å²) in [6.45, 7) is 1.24. The molecule has 7 nitrogen and oxygen atoms in total. The molecule has 0 saturated carbocycles. The second-order valence-electron chi connectivity index (χ2n) is 9.09. The molecule has 9 heteroatoms. The second-order valence-corrected chi connectivity index (χ2v) is 11.0. The number of fused-ring (bicyclic) bond motifs is 1. The molecule has 2 aliphatic rings. The number of hydrogen-bond acceptors (Lipinski definition) is 4. The van der Waals surface area contributed by atoms with E-state index in [-0.39, 0.29) is 23.9 Å². The van der Waals surface area contributed by atoms with Crippen LogP contribution in [0.4, 0.5) is 4.39 Å². The van der Waals surface area contributed by atoms with Crippen molar-refractivity contribution in [1.82, 2.24) is 19.0 Å². The van der Waals surface area contributed by atoms with Gasteiger partial charge in [-0.2, -0.15) is 9.40 Å². The highest BCUT2D eigenvalue weighted by Crippen LogP contribution is 2.28. The minimum Gasteiger partial charge on any atom is -0.336 e. The summed E-state index contributed by atoms with van der Waals surface area (Å²) in [5.74, 6) is -0.621. The zero-order chi connectivity index (χ0) is 24.4. The second kappa shape index (κ2) is 9.91. The zero-order valence-corrected chi connectivity index (χ0v) is 20.4. The molecule has 1 aliphatic carbocycles. The number of rotatable bonds is 4. The maximum Gasteiger partial charge on any atom is 0.274 e. The van der Waals surface area contributed by atoms with Gasteiger partial charge < -0.3 is 4.90 Å². The summed E-state index contributed by atoms with van der Waals surface area (Å²) in [6, 6.07) is 14.7. The SMILES string of the molecule is O=C(c1nn(-c2ccccc2)c2c1CCCCC2)N1CCCN(S(=O)(=O)c2ccc(F)cc2)CC1. The van der Waals surface area contributed by atoms with E-state index in [0.29, 0.717) is 25.2 Å². The Bertz CT molecular complexity index is 1310. The fourth-order valence-corrected chi connectivity index (χ4v) is 6.44. The topological polar surface area (TPSA) is 75.5 Å². The first-order valence-electron chi connectivity index (χ1n) is 12.2. The Balaban J connectivity index is 1.39. The summed E-state index contributed by atoms with van der Waals surface area (Å²) < 4.78 is 42.7. The van der Waals surface area contributed by atoms with Gasteiger partial charge in [-0.3, -0.25) is 4.79 Å². The number of carbonyl (C=O) groups excluding carboxylic acids is 1. The Morgan fingerprint density at radius 3 is 2.34 bits per heavy atom. The third-order valence-corrected chi connectivity index (χ3v) is 8.74. The van der Waals surface area contributed by atoms with Crippen molar-refractivity contribution in [1.29, 1.82) is 0 Å². The predicted octanol–water partition coefficient (Wildman–Crippen LogP) is 3.82. The van der Waals surface area contributed by atoms with Crippen LogP contribution in [0.15, 0.2) is 59.5 Å². The van der Waals surface area contributed by atoms with Gasteiger partial charge in [-0.05, 0) is 68.5 Å². The van der Waals surface area contributed by atoms with Gasteiger partial charge in [-0.15, -0.1) is 0 Å². The fourth-order valence-electron chi connectivity index (χ4n) is 4.97. The number of halogens is 1. The minimum atomic E-state index is -3.76. The molecule has 0 radical (unpaired) electrons. The molecule has 1 aliphatic heterocycles. The van der Waals surface area contributed by atoms with Gasteiger partial charge in [0, 0.05) is 37.4 Å². The summed E-state index contributed by atoms with van der Waals surface area (Å²) in [4.78, 5) is 15.5. The van der Waals surface area contributed by atoms with Crippen LogP contribution < -0.4 is 0 Å². The molecule has 1 amide bonds. The van der Waals surface area contributed by atoms with Gasteiger partial charge in [-0.1, -0.05) is 24.6 Å². The quantitative estimate of drug-likeness (QED) is 0.515. The van der Waals surface area contributed by atoms with Crippen LogP contribution in [0.25, 0.3) is 5.69 Å². The van der Waals surface area contributed by atoms with E-state index in [4.69, 9.17) is 5.10 Å². The smallest absolute Gasteiger partial charge is 0.274 e. The van der Waals surface area contributed by atoms with E-state index in [0.717, 1.165) is 61.2 Å². The van der Waals surface area contributed by atoms with Crippen molar-refractivity contribution in [3.05, 3.63) is 77.4 Å². The monoisotopic (exact) mass is 496 g/mol. The van der Waals surface area contributed by atoms with Crippen LogP contribution in [0, 0.1) is 5.82 Å². The molecule has 0 atom stereocenters. The number of hydrogen-bond donors (Lipinski definition) is 0. The van der Waals surface area contributed by atoms with E-state index in [1.54, 1.807) is 4.90 Å². The van der Waals surface area contributed by atoms with E-state index in [1.807, 2.05) is 35.0 Å². The molecule has 0 unspecified atom stereocenters. The lowest BCUT2D eigenvalue weighted by Crippen LogP contribution is -2.37. The highest BCUT2D eigenvalue weighted by atomic mass is 32.2. The third kappa shape index (κ3) is 4.75. The van der Waals surface area contributed by atoms with Gasteiger partial charge in [0.15, 0.2) is 5.69 Å². The van der Waals surface area contributed by atoms with Crippen molar-refractivity contribution in [3.63, 3.8) is 0 Å². The summed E-state index contributed by atoms with van der Waals surface area (Å²) in [7, 11) is -3.76.